The summed E-state index contributed by atoms with van der Waals surface area (Å²) < 4.78 is 13.6. The summed E-state index contributed by atoms with van der Waals surface area (Å²) in [6.07, 6.45) is 3.67. The first-order valence-corrected chi connectivity index (χ1v) is 6.35. The zero-order valence-corrected chi connectivity index (χ0v) is 10.5. The fourth-order valence-corrected chi connectivity index (χ4v) is 2.94. The van der Waals surface area contributed by atoms with Crippen LogP contribution in [0, 0.1) is 24.6 Å². The minimum absolute atomic E-state index is 0.0719. The molecule has 0 aliphatic heterocycles. The van der Waals surface area contributed by atoms with E-state index in [1.807, 2.05) is 12.1 Å². The lowest BCUT2D eigenvalue weighted by Gasteiger charge is -2.26. The van der Waals surface area contributed by atoms with Crippen molar-refractivity contribution in [1.29, 1.82) is 0 Å². The highest BCUT2D eigenvalue weighted by Gasteiger charge is 2.31. The normalized spacial score (nSPS) is 26.1. The highest BCUT2D eigenvalue weighted by atomic mass is 19.1. The van der Waals surface area contributed by atoms with Crippen LogP contribution in [-0.4, -0.2) is 0 Å². The molecule has 0 heterocycles. The predicted molar refractivity (Wildman–Crippen MR) is 67.7 cm³/mol. The predicted octanol–water partition coefficient (Wildman–Crippen LogP) is 3.07. The average Bonchev–Trinajstić information content (AvgIpc) is 2.71. The molecule has 2 rings (SSSR count). The van der Waals surface area contributed by atoms with Gasteiger partial charge >= 0.3 is 0 Å². The van der Waals surface area contributed by atoms with Crippen LogP contribution in [0.25, 0.3) is 0 Å². The first-order valence-electron chi connectivity index (χ1n) is 6.35. The fourth-order valence-electron chi connectivity index (χ4n) is 2.94. The van der Waals surface area contributed by atoms with Crippen molar-refractivity contribution in [3.8, 4) is 0 Å². The molecule has 3 N–H and O–H groups in total. The maximum Gasteiger partial charge on any atom is 0.126 e. The summed E-state index contributed by atoms with van der Waals surface area (Å²) in [4.78, 5) is 0. The topological polar surface area (TPSA) is 38.0 Å². The van der Waals surface area contributed by atoms with Gasteiger partial charge < -0.3 is 0 Å². The molecule has 1 aromatic rings. The van der Waals surface area contributed by atoms with Crippen molar-refractivity contribution in [2.75, 3.05) is 0 Å². The fraction of sp³-hybridized carbons (Fsp3) is 0.571. The lowest BCUT2D eigenvalue weighted by molar-refractivity contribution is 0.304. The van der Waals surface area contributed by atoms with Gasteiger partial charge in [0.15, 0.2) is 0 Å². The lowest BCUT2D eigenvalue weighted by Crippen LogP contribution is -2.34. The maximum atomic E-state index is 13.6. The summed E-state index contributed by atoms with van der Waals surface area (Å²) >= 11 is 0. The summed E-state index contributed by atoms with van der Waals surface area (Å²) in [5, 5.41) is 0. The van der Waals surface area contributed by atoms with Crippen molar-refractivity contribution in [3.63, 3.8) is 0 Å². The molecule has 0 spiro atoms. The first kappa shape index (κ1) is 12.5. The van der Waals surface area contributed by atoms with Gasteiger partial charge in [-0.1, -0.05) is 31.9 Å². The van der Waals surface area contributed by atoms with Crippen LogP contribution in [0.15, 0.2) is 18.2 Å². The standard InChI is InChI=1S/C14H21FN2/c1-9-4-3-5-12(9)14(17-16)11-7-6-10(2)13(15)8-11/h6-9,12,14,17H,3-5,16H2,1-2H3. The molecule has 3 heteroatoms. The van der Waals surface area contributed by atoms with Crippen molar-refractivity contribution in [1.82, 2.24) is 5.43 Å². The van der Waals surface area contributed by atoms with Crippen LogP contribution < -0.4 is 11.3 Å². The Hall–Kier alpha value is -0.930. The lowest BCUT2D eigenvalue weighted by atomic mass is 9.86. The second-order valence-electron chi connectivity index (χ2n) is 5.23. The molecule has 17 heavy (non-hydrogen) atoms. The molecule has 0 amide bonds. The van der Waals surface area contributed by atoms with Crippen LogP contribution in [0.2, 0.25) is 0 Å². The van der Waals surface area contributed by atoms with E-state index in [2.05, 4.69) is 12.3 Å². The summed E-state index contributed by atoms with van der Waals surface area (Å²) in [6, 6.07) is 5.50. The highest BCUT2D eigenvalue weighted by molar-refractivity contribution is 5.26. The minimum Gasteiger partial charge on any atom is -0.271 e. The summed E-state index contributed by atoms with van der Waals surface area (Å²) in [5.41, 5.74) is 4.52. The zero-order chi connectivity index (χ0) is 12.4. The largest absolute Gasteiger partial charge is 0.271 e. The average molecular weight is 236 g/mol. The Morgan fingerprint density at radius 1 is 1.41 bits per heavy atom. The molecule has 1 aromatic carbocycles. The Labute approximate surface area is 102 Å². The van der Waals surface area contributed by atoms with Crippen LogP contribution in [-0.2, 0) is 0 Å². The number of nitrogens with one attached hydrogen (secondary N) is 1. The number of benzene rings is 1. The molecule has 1 aliphatic rings. The first-order chi connectivity index (χ1) is 8.13. The molecular formula is C14H21FN2. The number of hydrogen-bond acceptors (Lipinski definition) is 2. The number of hydrogen-bond donors (Lipinski definition) is 2. The molecule has 2 nitrogen and oxygen atoms in total. The molecule has 0 saturated heterocycles. The SMILES string of the molecule is Cc1ccc(C(NN)C2CCCC2C)cc1F. The number of halogens is 1. The third kappa shape index (κ3) is 2.50. The highest BCUT2D eigenvalue weighted by Crippen LogP contribution is 2.39. The maximum absolute atomic E-state index is 13.6. The molecule has 0 bridgehead atoms. The second kappa shape index (κ2) is 5.15. The molecule has 3 atom stereocenters. The Morgan fingerprint density at radius 3 is 2.71 bits per heavy atom. The van der Waals surface area contributed by atoms with Gasteiger partial charge in [0, 0.05) is 6.04 Å². The number of nitrogens with two attached hydrogens (primary N) is 1. The van der Waals surface area contributed by atoms with E-state index in [1.165, 1.54) is 19.3 Å². The van der Waals surface area contributed by atoms with Crippen LogP contribution in [0.1, 0.15) is 43.4 Å². The van der Waals surface area contributed by atoms with E-state index in [1.54, 1.807) is 13.0 Å². The van der Waals surface area contributed by atoms with Gasteiger partial charge in [-0.15, -0.1) is 0 Å². The van der Waals surface area contributed by atoms with Crippen molar-refractivity contribution < 1.29 is 4.39 Å². The Balaban J connectivity index is 2.25. The summed E-state index contributed by atoms with van der Waals surface area (Å²) in [6.45, 7) is 4.04. The molecule has 1 saturated carbocycles. The molecular weight excluding hydrogens is 215 g/mol. The van der Waals surface area contributed by atoms with Crippen molar-refractivity contribution in [2.45, 2.75) is 39.2 Å². The van der Waals surface area contributed by atoms with Gasteiger partial charge in [0.1, 0.15) is 5.82 Å². The van der Waals surface area contributed by atoms with E-state index in [9.17, 15) is 4.39 Å². The van der Waals surface area contributed by atoms with Gasteiger partial charge in [-0.2, -0.15) is 0 Å². The van der Waals surface area contributed by atoms with Crippen molar-refractivity contribution >= 4 is 0 Å². The second-order valence-corrected chi connectivity index (χ2v) is 5.23. The quantitative estimate of drug-likeness (QED) is 0.625. The molecule has 1 fully saturated rings. The molecule has 0 aromatic heterocycles. The van der Waals surface area contributed by atoms with Gasteiger partial charge in [0.05, 0.1) is 0 Å². The van der Waals surface area contributed by atoms with E-state index >= 15 is 0 Å². The monoisotopic (exact) mass is 236 g/mol. The van der Waals surface area contributed by atoms with Gasteiger partial charge in [-0.05, 0) is 42.4 Å². The Kier molecular flexibility index (Phi) is 3.79. The van der Waals surface area contributed by atoms with E-state index in [-0.39, 0.29) is 11.9 Å². The number of aryl methyl sites for hydroxylation is 1. The third-order valence-electron chi connectivity index (χ3n) is 4.09. The van der Waals surface area contributed by atoms with Crippen molar-refractivity contribution in [3.05, 3.63) is 35.1 Å². The van der Waals surface area contributed by atoms with E-state index in [4.69, 9.17) is 5.84 Å². The Morgan fingerprint density at radius 2 is 2.18 bits per heavy atom. The van der Waals surface area contributed by atoms with E-state index in [0.29, 0.717) is 17.4 Å². The van der Waals surface area contributed by atoms with Crippen LogP contribution in [0.3, 0.4) is 0 Å². The van der Waals surface area contributed by atoms with Crippen LogP contribution in [0.4, 0.5) is 4.39 Å². The van der Waals surface area contributed by atoms with Gasteiger partial charge in [0.25, 0.3) is 0 Å². The molecule has 0 radical (unpaired) electrons. The third-order valence-corrected chi connectivity index (χ3v) is 4.09. The van der Waals surface area contributed by atoms with E-state index < -0.39 is 0 Å². The zero-order valence-electron chi connectivity index (χ0n) is 10.5. The van der Waals surface area contributed by atoms with Crippen molar-refractivity contribution in [2.24, 2.45) is 17.7 Å². The van der Waals surface area contributed by atoms with Gasteiger partial charge in [0.2, 0.25) is 0 Å². The molecule has 1 aliphatic carbocycles. The molecule has 3 unspecified atom stereocenters. The molecule has 94 valence electrons. The summed E-state index contributed by atoms with van der Waals surface area (Å²) in [7, 11) is 0. The summed E-state index contributed by atoms with van der Waals surface area (Å²) in [5.74, 6) is 6.69. The number of rotatable bonds is 3. The van der Waals surface area contributed by atoms with Crippen LogP contribution >= 0.6 is 0 Å². The van der Waals surface area contributed by atoms with E-state index in [0.717, 1.165) is 5.56 Å². The minimum atomic E-state index is -0.145. The van der Waals surface area contributed by atoms with Gasteiger partial charge in [-0.25, -0.2) is 4.39 Å². The Bertz CT molecular complexity index is 392. The van der Waals surface area contributed by atoms with Crippen LogP contribution in [0.5, 0.6) is 0 Å². The smallest absolute Gasteiger partial charge is 0.126 e. The van der Waals surface area contributed by atoms with Gasteiger partial charge in [-0.3, -0.25) is 11.3 Å². The number of hydrazine groups is 1.